The van der Waals surface area contributed by atoms with Crippen LogP contribution in [-0.4, -0.2) is 34.8 Å². The Kier molecular flexibility index (Phi) is 6.22. The van der Waals surface area contributed by atoms with Crippen LogP contribution in [0.2, 0.25) is 0 Å². The molecule has 1 fully saturated rings. The monoisotopic (exact) mass is 365 g/mol. The third kappa shape index (κ3) is 4.73. The second kappa shape index (κ2) is 8.80. The number of nitrogens with one attached hydrogen (secondary N) is 1. The quantitative estimate of drug-likeness (QED) is 0.885. The van der Waals surface area contributed by atoms with Crippen molar-refractivity contribution in [3.63, 3.8) is 0 Å². The number of pyridine rings is 1. The molecule has 2 aromatic rings. The number of hydrogen-bond acceptors (Lipinski definition) is 3. The van der Waals surface area contributed by atoms with Gasteiger partial charge in [0.2, 0.25) is 11.8 Å². The number of aromatic nitrogens is 1. The fraction of sp³-hybridized carbons (Fsp3) is 0.409. The van der Waals surface area contributed by atoms with E-state index >= 15 is 0 Å². The normalized spacial score (nSPS) is 16.2. The van der Waals surface area contributed by atoms with Gasteiger partial charge in [-0.05, 0) is 30.5 Å². The molecule has 0 radical (unpaired) electrons. The first kappa shape index (κ1) is 19.1. The van der Waals surface area contributed by atoms with Gasteiger partial charge in [-0.15, -0.1) is 0 Å². The summed E-state index contributed by atoms with van der Waals surface area (Å²) < 4.78 is 0. The SMILES string of the molecule is CC(C)C(=O)N1CCC(C(=O)NC(c2ccccc2)c2ccccn2)CC1. The molecule has 1 aromatic heterocycles. The van der Waals surface area contributed by atoms with Gasteiger partial charge in [-0.1, -0.05) is 50.2 Å². The molecule has 1 N–H and O–H groups in total. The number of carbonyl (C=O) groups excluding carboxylic acids is 2. The molecule has 0 saturated carbocycles. The van der Waals surface area contributed by atoms with E-state index in [-0.39, 0.29) is 29.7 Å². The van der Waals surface area contributed by atoms with E-state index in [4.69, 9.17) is 0 Å². The number of amides is 2. The average Bonchev–Trinajstić information content (AvgIpc) is 2.72. The van der Waals surface area contributed by atoms with Crippen molar-refractivity contribution in [2.45, 2.75) is 32.7 Å². The molecule has 1 unspecified atom stereocenters. The number of piperidine rings is 1. The first-order valence-electron chi connectivity index (χ1n) is 9.61. The third-order valence-electron chi connectivity index (χ3n) is 5.07. The summed E-state index contributed by atoms with van der Waals surface area (Å²) in [6, 6.07) is 15.4. The van der Waals surface area contributed by atoms with Crippen molar-refractivity contribution >= 4 is 11.8 Å². The van der Waals surface area contributed by atoms with E-state index in [1.807, 2.05) is 67.3 Å². The van der Waals surface area contributed by atoms with Crippen molar-refractivity contribution in [2.24, 2.45) is 11.8 Å². The van der Waals surface area contributed by atoms with Gasteiger partial charge < -0.3 is 10.2 Å². The second-order valence-electron chi connectivity index (χ2n) is 7.36. The Labute approximate surface area is 160 Å². The van der Waals surface area contributed by atoms with Crippen molar-refractivity contribution in [1.82, 2.24) is 15.2 Å². The Morgan fingerprint density at radius 3 is 2.30 bits per heavy atom. The van der Waals surface area contributed by atoms with Crippen molar-refractivity contribution < 1.29 is 9.59 Å². The Morgan fingerprint density at radius 1 is 1.04 bits per heavy atom. The minimum atomic E-state index is -0.268. The van der Waals surface area contributed by atoms with Crippen LogP contribution in [0, 0.1) is 11.8 Å². The molecular formula is C22H27N3O2. The molecule has 1 atom stereocenters. The van der Waals surface area contributed by atoms with Crippen molar-refractivity contribution in [1.29, 1.82) is 0 Å². The van der Waals surface area contributed by atoms with Crippen LogP contribution in [-0.2, 0) is 9.59 Å². The molecular weight excluding hydrogens is 338 g/mol. The van der Waals surface area contributed by atoms with Crippen LogP contribution >= 0.6 is 0 Å². The van der Waals surface area contributed by atoms with Crippen molar-refractivity contribution in [3.05, 3.63) is 66.0 Å². The number of likely N-dealkylation sites (tertiary alicyclic amines) is 1. The highest BCUT2D eigenvalue weighted by Gasteiger charge is 2.30. The lowest BCUT2D eigenvalue weighted by atomic mass is 9.94. The average molecular weight is 365 g/mol. The van der Waals surface area contributed by atoms with Crippen molar-refractivity contribution in [3.8, 4) is 0 Å². The number of nitrogens with zero attached hydrogens (tertiary/aromatic N) is 2. The van der Waals surface area contributed by atoms with E-state index in [0.717, 1.165) is 11.3 Å². The van der Waals surface area contributed by atoms with Gasteiger partial charge in [-0.25, -0.2) is 0 Å². The second-order valence-corrected chi connectivity index (χ2v) is 7.36. The Balaban J connectivity index is 1.68. The van der Waals surface area contributed by atoms with Crippen LogP contribution in [0.3, 0.4) is 0 Å². The maximum atomic E-state index is 12.9. The van der Waals surface area contributed by atoms with Crippen LogP contribution in [0.25, 0.3) is 0 Å². The molecule has 5 nitrogen and oxygen atoms in total. The van der Waals surface area contributed by atoms with Gasteiger partial charge in [-0.2, -0.15) is 0 Å². The number of carbonyl (C=O) groups is 2. The summed E-state index contributed by atoms with van der Waals surface area (Å²) >= 11 is 0. The first-order valence-corrected chi connectivity index (χ1v) is 9.61. The lowest BCUT2D eigenvalue weighted by Gasteiger charge is -2.33. The maximum Gasteiger partial charge on any atom is 0.225 e. The summed E-state index contributed by atoms with van der Waals surface area (Å²) in [6.45, 7) is 5.13. The summed E-state index contributed by atoms with van der Waals surface area (Å²) in [5.41, 5.74) is 1.83. The molecule has 5 heteroatoms. The molecule has 0 aliphatic carbocycles. The van der Waals surface area contributed by atoms with Crippen LogP contribution in [0.5, 0.6) is 0 Å². The van der Waals surface area contributed by atoms with E-state index in [2.05, 4.69) is 10.3 Å². The standard InChI is InChI=1S/C22H27N3O2/c1-16(2)22(27)25-14-11-18(12-15-25)21(26)24-20(17-8-4-3-5-9-17)19-10-6-7-13-23-19/h3-10,13,16,18,20H,11-12,14-15H2,1-2H3,(H,24,26). The van der Waals surface area contributed by atoms with Gasteiger partial charge in [-0.3, -0.25) is 14.6 Å². The molecule has 0 spiro atoms. The fourth-order valence-electron chi connectivity index (χ4n) is 3.51. The van der Waals surface area contributed by atoms with Crippen LogP contribution in [0.1, 0.15) is 44.0 Å². The minimum absolute atomic E-state index is 0.00184. The largest absolute Gasteiger partial charge is 0.343 e. The summed E-state index contributed by atoms with van der Waals surface area (Å²) in [5.74, 6) is 0.133. The van der Waals surface area contributed by atoms with E-state index in [1.54, 1.807) is 6.20 Å². The van der Waals surface area contributed by atoms with Crippen LogP contribution in [0.15, 0.2) is 54.7 Å². The highest BCUT2D eigenvalue weighted by molar-refractivity contribution is 5.81. The first-order chi connectivity index (χ1) is 13.1. The lowest BCUT2D eigenvalue weighted by molar-refractivity contribution is -0.138. The highest BCUT2D eigenvalue weighted by Crippen LogP contribution is 2.24. The Hall–Kier alpha value is -2.69. The molecule has 1 aliphatic heterocycles. The zero-order chi connectivity index (χ0) is 19.2. The predicted octanol–water partition coefficient (Wildman–Crippen LogP) is 3.18. The minimum Gasteiger partial charge on any atom is -0.343 e. The van der Waals surface area contributed by atoms with Gasteiger partial charge in [0.25, 0.3) is 0 Å². The molecule has 2 amide bonds. The van der Waals surface area contributed by atoms with Gasteiger partial charge in [0.05, 0.1) is 11.7 Å². The molecule has 3 rings (SSSR count). The summed E-state index contributed by atoms with van der Waals surface area (Å²) in [6.07, 6.45) is 3.15. The molecule has 1 aliphatic rings. The number of hydrogen-bond donors (Lipinski definition) is 1. The highest BCUT2D eigenvalue weighted by atomic mass is 16.2. The molecule has 142 valence electrons. The van der Waals surface area contributed by atoms with Crippen molar-refractivity contribution in [2.75, 3.05) is 13.1 Å². The zero-order valence-corrected chi connectivity index (χ0v) is 16.0. The summed E-state index contributed by atoms with van der Waals surface area (Å²) in [7, 11) is 0. The maximum absolute atomic E-state index is 12.9. The zero-order valence-electron chi connectivity index (χ0n) is 16.0. The summed E-state index contributed by atoms with van der Waals surface area (Å²) in [5, 5.41) is 3.18. The Bertz CT molecular complexity index is 714. The van der Waals surface area contributed by atoms with Gasteiger partial charge in [0.1, 0.15) is 0 Å². The lowest BCUT2D eigenvalue weighted by Crippen LogP contribution is -2.45. The smallest absolute Gasteiger partial charge is 0.225 e. The third-order valence-corrected chi connectivity index (χ3v) is 5.07. The Morgan fingerprint density at radius 2 is 1.70 bits per heavy atom. The molecule has 0 bridgehead atoms. The number of benzene rings is 1. The van der Waals surface area contributed by atoms with Gasteiger partial charge in [0.15, 0.2) is 0 Å². The topological polar surface area (TPSA) is 62.3 Å². The molecule has 1 saturated heterocycles. The van der Waals surface area contributed by atoms with E-state index in [9.17, 15) is 9.59 Å². The van der Waals surface area contributed by atoms with E-state index in [0.29, 0.717) is 25.9 Å². The van der Waals surface area contributed by atoms with E-state index < -0.39 is 0 Å². The number of rotatable bonds is 5. The molecule has 2 heterocycles. The van der Waals surface area contributed by atoms with E-state index in [1.165, 1.54) is 0 Å². The van der Waals surface area contributed by atoms with Crippen LogP contribution < -0.4 is 5.32 Å². The molecule has 27 heavy (non-hydrogen) atoms. The van der Waals surface area contributed by atoms with Gasteiger partial charge >= 0.3 is 0 Å². The predicted molar refractivity (Wildman–Crippen MR) is 105 cm³/mol. The molecule has 1 aromatic carbocycles. The summed E-state index contributed by atoms with van der Waals surface area (Å²) in [4.78, 5) is 31.4. The van der Waals surface area contributed by atoms with Gasteiger partial charge in [0, 0.05) is 31.1 Å². The fourth-order valence-corrected chi connectivity index (χ4v) is 3.51. The van der Waals surface area contributed by atoms with Crippen LogP contribution in [0.4, 0.5) is 0 Å².